The van der Waals surface area contributed by atoms with Crippen LogP contribution in [0.4, 0.5) is 0 Å². The number of amides is 2. The van der Waals surface area contributed by atoms with Crippen LogP contribution in [-0.4, -0.2) is 42.2 Å². The number of carbonyl (C=O) groups is 3. The number of hydrogen-bond donors (Lipinski definition) is 1. The highest BCUT2D eigenvalue weighted by Gasteiger charge is 2.31. The lowest BCUT2D eigenvalue weighted by atomic mass is 9.83. The van der Waals surface area contributed by atoms with Crippen LogP contribution in [0.5, 0.6) is 5.75 Å². The number of piperidine rings is 1. The zero-order valence-corrected chi connectivity index (χ0v) is 20.8. The Balaban J connectivity index is 1.61. The van der Waals surface area contributed by atoms with Crippen LogP contribution < -0.4 is 10.1 Å². The number of hydrogen-bond acceptors (Lipinski definition) is 4. The molecule has 1 heterocycles. The lowest BCUT2D eigenvalue weighted by molar-refractivity contribution is -0.136. The number of carbonyl (C=O) groups excluding carboxylic acids is 3. The van der Waals surface area contributed by atoms with Gasteiger partial charge in [0.2, 0.25) is 11.8 Å². The smallest absolute Gasteiger partial charge is 0.223 e. The Morgan fingerprint density at radius 1 is 1.18 bits per heavy atom. The van der Waals surface area contributed by atoms with Crippen molar-refractivity contribution < 1.29 is 19.1 Å². The van der Waals surface area contributed by atoms with Gasteiger partial charge >= 0.3 is 0 Å². The van der Waals surface area contributed by atoms with Crippen molar-refractivity contribution in [1.29, 1.82) is 0 Å². The van der Waals surface area contributed by atoms with Crippen molar-refractivity contribution in [1.82, 2.24) is 10.2 Å². The van der Waals surface area contributed by atoms with Crippen LogP contribution in [0.2, 0.25) is 5.02 Å². The number of ether oxygens (including phenoxy) is 1. The van der Waals surface area contributed by atoms with Crippen molar-refractivity contribution in [3.63, 3.8) is 0 Å². The fourth-order valence-corrected chi connectivity index (χ4v) is 4.59. The van der Waals surface area contributed by atoms with Crippen molar-refractivity contribution in [2.45, 2.75) is 52.2 Å². The topological polar surface area (TPSA) is 75.7 Å². The maximum absolute atomic E-state index is 13.0. The molecule has 1 N–H and O–H groups in total. The molecule has 1 unspecified atom stereocenters. The summed E-state index contributed by atoms with van der Waals surface area (Å²) in [5, 5.41) is 3.04. The van der Waals surface area contributed by atoms with E-state index in [2.05, 4.69) is 5.32 Å². The Labute approximate surface area is 206 Å². The molecule has 0 bridgehead atoms. The number of benzene rings is 2. The SMILES string of the molecule is CNC(=O)[C@@H](CC(=O)c1ccc(OC(C)C)c(Cl)c1)CC1CCN(Cc2ccccc2)C(=O)C1. The molecule has 2 aromatic rings. The predicted molar refractivity (Wildman–Crippen MR) is 133 cm³/mol. The van der Waals surface area contributed by atoms with Gasteiger partial charge in [-0.2, -0.15) is 0 Å². The van der Waals surface area contributed by atoms with Gasteiger partial charge in [0.1, 0.15) is 5.75 Å². The monoisotopic (exact) mass is 484 g/mol. The van der Waals surface area contributed by atoms with E-state index in [0.717, 1.165) is 12.0 Å². The summed E-state index contributed by atoms with van der Waals surface area (Å²) < 4.78 is 5.63. The molecule has 0 spiro atoms. The lowest BCUT2D eigenvalue weighted by Crippen LogP contribution is -2.40. The molecule has 2 atom stereocenters. The minimum Gasteiger partial charge on any atom is -0.489 e. The van der Waals surface area contributed by atoms with Crippen molar-refractivity contribution in [3.8, 4) is 5.75 Å². The first kappa shape index (κ1) is 25.8. The van der Waals surface area contributed by atoms with E-state index in [1.807, 2.05) is 49.1 Å². The van der Waals surface area contributed by atoms with Gasteiger partial charge in [-0.1, -0.05) is 41.9 Å². The average Bonchev–Trinajstić information content (AvgIpc) is 2.81. The molecule has 2 amide bonds. The molecular weight excluding hydrogens is 452 g/mol. The number of ketones is 1. The second-order valence-corrected chi connectivity index (χ2v) is 9.55. The van der Waals surface area contributed by atoms with E-state index in [1.165, 1.54) is 0 Å². The summed E-state index contributed by atoms with van der Waals surface area (Å²) in [6, 6.07) is 14.9. The molecule has 1 aliphatic rings. The first-order valence-corrected chi connectivity index (χ1v) is 12.2. The van der Waals surface area contributed by atoms with Crippen molar-refractivity contribution >= 4 is 29.2 Å². The summed E-state index contributed by atoms with van der Waals surface area (Å²) >= 11 is 6.29. The van der Waals surface area contributed by atoms with Gasteiger partial charge < -0.3 is 15.0 Å². The van der Waals surface area contributed by atoms with Crippen LogP contribution in [0, 0.1) is 11.8 Å². The molecule has 0 radical (unpaired) electrons. The number of nitrogens with zero attached hydrogens (tertiary/aromatic N) is 1. The third-order valence-corrected chi connectivity index (χ3v) is 6.42. The highest BCUT2D eigenvalue weighted by atomic mass is 35.5. The Bertz CT molecular complexity index is 1010. The summed E-state index contributed by atoms with van der Waals surface area (Å²) in [6.45, 7) is 5.06. The molecule has 6 nitrogen and oxygen atoms in total. The van der Waals surface area contributed by atoms with Gasteiger partial charge in [0.25, 0.3) is 0 Å². The molecule has 182 valence electrons. The summed E-state index contributed by atoms with van der Waals surface area (Å²) in [5.74, 6) is -0.148. The van der Waals surface area contributed by atoms with E-state index in [1.54, 1.807) is 25.2 Å². The van der Waals surface area contributed by atoms with E-state index in [4.69, 9.17) is 16.3 Å². The first-order valence-electron chi connectivity index (χ1n) is 11.8. The molecule has 2 aromatic carbocycles. The second kappa shape index (κ2) is 12.0. The van der Waals surface area contributed by atoms with Gasteiger partial charge in [0.05, 0.1) is 11.1 Å². The van der Waals surface area contributed by atoms with E-state index in [9.17, 15) is 14.4 Å². The van der Waals surface area contributed by atoms with Crippen LogP contribution in [0.25, 0.3) is 0 Å². The molecule has 0 saturated carbocycles. The van der Waals surface area contributed by atoms with Gasteiger partial charge in [0, 0.05) is 44.5 Å². The third kappa shape index (κ3) is 7.07. The quantitative estimate of drug-likeness (QED) is 0.487. The van der Waals surface area contributed by atoms with Gasteiger partial charge in [-0.15, -0.1) is 0 Å². The molecule has 1 fully saturated rings. The second-order valence-electron chi connectivity index (χ2n) is 9.15. The van der Waals surface area contributed by atoms with E-state index in [0.29, 0.717) is 42.3 Å². The summed E-state index contributed by atoms with van der Waals surface area (Å²) in [4.78, 5) is 40.2. The van der Waals surface area contributed by atoms with E-state index in [-0.39, 0.29) is 36.0 Å². The normalized spacial score (nSPS) is 16.9. The molecule has 34 heavy (non-hydrogen) atoms. The summed E-state index contributed by atoms with van der Waals surface area (Å²) in [7, 11) is 1.57. The zero-order chi connectivity index (χ0) is 24.7. The third-order valence-electron chi connectivity index (χ3n) is 6.12. The van der Waals surface area contributed by atoms with Crippen molar-refractivity contribution in [2.75, 3.05) is 13.6 Å². The Hall–Kier alpha value is -2.86. The van der Waals surface area contributed by atoms with Gasteiger partial charge in [-0.25, -0.2) is 0 Å². The molecule has 0 aromatic heterocycles. The number of rotatable bonds is 10. The minimum absolute atomic E-state index is 0.0292. The van der Waals surface area contributed by atoms with Crippen molar-refractivity contribution in [3.05, 3.63) is 64.7 Å². The average molecular weight is 485 g/mol. The van der Waals surface area contributed by atoms with Crippen LogP contribution in [0.15, 0.2) is 48.5 Å². The fourth-order valence-electron chi connectivity index (χ4n) is 4.37. The number of likely N-dealkylation sites (tertiary alicyclic amines) is 1. The summed E-state index contributed by atoms with van der Waals surface area (Å²) in [6.07, 6.45) is 1.74. The maximum Gasteiger partial charge on any atom is 0.223 e. The van der Waals surface area contributed by atoms with Gasteiger partial charge in [0.15, 0.2) is 5.78 Å². The number of nitrogens with one attached hydrogen (secondary N) is 1. The number of Topliss-reactive ketones (excluding diaryl/α,β-unsaturated/α-hetero) is 1. The molecule has 1 aliphatic heterocycles. The summed E-state index contributed by atoms with van der Waals surface area (Å²) in [5.41, 5.74) is 1.55. The number of halogens is 1. The van der Waals surface area contributed by atoms with Crippen LogP contribution in [0.3, 0.4) is 0 Å². The van der Waals surface area contributed by atoms with Gasteiger partial charge in [-0.3, -0.25) is 14.4 Å². The molecule has 3 rings (SSSR count). The predicted octanol–water partition coefficient (Wildman–Crippen LogP) is 4.89. The van der Waals surface area contributed by atoms with Crippen LogP contribution in [-0.2, 0) is 16.1 Å². The molecule has 7 heteroatoms. The zero-order valence-electron chi connectivity index (χ0n) is 20.1. The molecular formula is C27H33ClN2O4. The molecule has 0 aliphatic carbocycles. The standard InChI is InChI=1S/C27H33ClN2O4/c1-18(2)34-25-10-9-21(15-23(25)28)24(31)16-22(27(33)29-3)13-20-11-12-30(26(32)14-20)17-19-7-5-4-6-8-19/h4-10,15,18,20,22H,11-14,16-17H2,1-3H3,(H,29,33)/t20?,22-/m1/s1. The van der Waals surface area contributed by atoms with E-state index >= 15 is 0 Å². The minimum atomic E-state index is -0.499. The highest BCUT2D eigenvalue weighted by molar-refractivity contribution is 6.32. The fraction of sp³-hybridized carbons (Fsp3) is 0.444. The Morgan fingerprint density at radius 3 is 2.53 bits per heavy atom. The van der Waals surface area contributed by atoms with Crippen LogP contribution >= 0.6 is 11.6 Å². The highest BCUT2D eigenvalue weighted by Crippen LogP contribution is 2.30. The van der Waals surface area contributed by atoms with Crippen molar-refractivity contribution in [2.24, 2.45) is 11.8 Å². The first-order chi connectivity index (χ1) is 16.3. The lowest BCUT2D eigenvalue weighted by Gasteiger charge is -2.33. The maximum atomic E-state index is 13.0. The molecule has 1 saturated heterocycles. The largest absolute Gasteiger partial charge is 0.489 e. The Kier molecular flexibility index (Phi) is 9.11. The van der Waals surface area contributed by atoms with Crippen LogP contribution in [0.1, 0.15) is 55.5 Å². The van der Waals surface area contributed by atoms with E-state index < -0.39 is 5.92 Å². The van der Waals surface area contributed by atoms with Gasteiger partial charge in [-0.05, 0) is 56.4 Å². The Morgan fingerprint density at radius 2 is 1.91 bits per heavy atom.